The maximum Gasteiger partial charge on any atom is 0.136 e. The van der Waals surface area contributed by atoms with E-state index in [0.717, 1.165) is 44.2 Å². The lowest BCUT2D eigenvalue weighted by Gasteiger charge is -2.20. The van der Waals surface area contributed by atoms with Crippen LogP contribution >= 0.6 is 0 Å². The predicted molar refractivity (Wildman–Crippen MR) is 521 cm³/mol. The van der Waals surface area contributed by atoms with Crippen molar-refractivity contribution >= 4 is 130 Å². The van der Waals surface area contributed by atoms with Gasteiger partial charge in [-0.15, -0.1) is 0 Å². The fourth-order valence-electron chi connectivity index (χ4n) is 16.7. The number of rotatable bonds is 10. The molecule has 3 aromatic heterocycles. The summed E-state index contributed by atoms with van der Waals surface area (Å²) in [7, 11) is 0. The predicted octanol–water partition coefficient (Wildman–Crippen LogP) is 34.3. The van der Waals surface area contributed by atoms with E-state index in [0.29, 0.717) is 60.7 Å². The minimum atomic E-state index is -0.784. The Labute approximate surface area is 770 Å². The lowest BCUT2D eigenvalue weighted by molar-refractivity contribution is 0.668. The van der Waals surface area contributed by atoms with Crippen molar-refractivity contribution in [3.05, 3.63) is 460 Å². The monoisotopic (exact) mass is 1610 g/mol. The van der Waals surface area contributed by atoms with E-state index >= 15 is 0 Å². The third kappa shape index (κ3) is 12.6. The number of furan rings is 3. The van der Waals surface area contributed by atoms with Gasteiger partial charge in [-0.1, -0.05) is 399 Å². The average Bonchev–Trinajstić information content (AvgIpc) is 1.68. The Morgan fingerprint density at radius 3 is 0.902 bits per heavy atom. The van der Waals surface area contributed by atoms with Crippen molar-refractivity contribution in [2.45, 2.75) is 0 Å². The quantitative estimate of drug-likeness (QED) is 0.128. The zero-order valence-electron chi connectivity index (χ0n) is 106. The molecule has 574 valence electrons. The van der Waals surface area contributed by atoms with Gasteiger partial charge < -0.3 is 13.3 Å². The third-order valence-corrected chi connectivity index (χ3v) is 22.0. The first-order valence-corrected chi connectivity index (χ1v) is 38.7. The molecule has 3 heteroatoms. The summed E-state index contributed by atoms with van der Waals surface area (Å²) in [6.45, 7) is 0. The number of fused-ring (bicyclic) bond motifs is 15. The maximum atomic E-state index is 9.46. The Morgan fingerprint density at radius 1 is 0.138 bits per heavy atom. The molecule has 25 aromatic rings. The van der Waals surface area contributed by atoms with Crippen LogP contribution in [0.5, 0.6) is 0 Å². The topological polar surface area (TPSA) is 39.4 Å². The second kappa shape index (κ2) is 30.6. The second-order valence-corrected chi connectivity index (χ2v) is 28.7. The molecule has 3 nitrogen and oxygen atoms in total. The first-order valence-electron chi connectivity index (χ1n) is 59.7. The molecule has 0 saturated carbocycles. The Hall–Kier alpha value is -16.2. The molecule has 0 aliphatic carbocycles. The zero-order valence-corrected chi connectivity index (χ0v) is 63.9. The van der Waals surface area contributed by atoms with Crippen molar-refractivity contribution in [3.8, 4) is 111 Å². The van der Waals surface area contributed by atoms with Gasteiger partial charge in [0.05, 0.1) is 57.6 Å². The summed E-state index contributed by atoms with van der Waals surface area (Å²) < 4.78 is 389. The first kappa shape index (κ1) is 41.0. The molecular formula is C120H76O3. The molecule has 0 unspecified atom stereocenters. The first-order chi connectivity index (χ1) is 78.5. The molecule has 0 spiro atoms. The Bertz CT molecular complexity index is 10800. The average molecular weight is 1610 g/mol. The van der Waals surface area contributed by atoms with Crippen LogP contribution < -0.4 is 0 Å². The molecule has 3 heterocycles. The molecule has 0 radical (unpaired) electrons. The van der Waals surface area contributed by atoms with Gasteiger partial charge in [-0.3, -0.25) is 0 Å². The van der Waals surface area contributed by atoms with E-state index in [9.17, 15) is 11.0 Å². The van der Waals surface area contributed by atoms with E-state index in [1.165, 1.54) is 0 Å². The van der Waals surface area contributed by atoms with Crippen molar-refractivity contribution in [2.75, 3.05) is 0 Å². The van der Waals surface area contributed by atoms with Crippen molar-refractivity contribution in [1.82, 2.24) is 0 Å². The summed E-state index contributed by atoms with van der Waals surface area (Å²) in [4.78, 5) is 0. The molecule has 25 rings (SSSR count). The second-order valence-electron chi connectivity index (χ2n) is 28.7. The van der Waals surface area contributed by atoms with Crippen molar-refractivity contribution in [3.63, 3.8) is 0 Å². The SMILES string of the molecule is [2H]c1c([2H])c([2H])c(-c2c3c([2H])c([2H])c([2H])c([2H])c3c(-c3c([2H])c([2H])c([2H])c4oc5ccccc5c34)c3c([2H])c([2H])c([2H])c([2H])c23)c([2H])c1[2H].[2H]c1c([2H])c([2H])c(-c2c3c([2H])c([2H])c([2H])c([2H])c3c(-c3ccc4oc5ccc(-c6cccc(-c7ccccc7)c6)cc5c4c3)c3c([2H])c([2H])c([2H])c([2H])c23)c([2H])c1[2H].[2H]c1c([2H])c([2H])c(-c2c3c([2H])c([2H])c([2H])c([2H])c3c(-c3ccc4oc5ccccc5c4c3-c3ccc(-c4ccccc4)cc3)c3c([2H])c([2H])c([2H])c([2H])c23)c([2H])c1[2H]. The lowest BCUT2D eigenvalue weighted by Crippen LogP contribution is -1.93. The van der Waals surface area contributed by atoms with Crippen LogP contribution in [0.25, 0.3) is 242 Å². The summed E-state index contributed by atoms with van der Waals surface area (Å²) in [5, 5.41) is -0.0868. The van der Waals surface area contributed by atoms with Gasteiger partial charge in [0.25, 0.3) is 0 Å². The fraction of sp³-hybridized carbons (Fsp3) is 0. The van der Waals surface area contributed by atoms with Crippen molar-refractivity contribution < 1.29 is 70.8 Å². The van der Waals surface area contributed by atoms with E-state index in [2.05, 4.69) is 6.07 Å². The Morgan fingerprint density at radius 2 is 0.439 bits per heavy atom. The Kier molecular flexibility index (Phi) is 10.2. The van der Waals surface area contributed by atoms with Gasteiger partial charge in [-0.05, 0) is 231 Å². The van der Waals surface area contributed by atoms with Gasteiger partial charge in [0.15, 0.2) is 0 Å². The molecule has 22 aromatic carbocycles. The van der Waals surface area contributed by atoms with Gasteiger partial charge in [0.1, 0.15) is 33.5 Å². The number of para-hydroxylation sites is 2. The Balaban J connectivity index is 0.000000133. The lowest BCUT2D eigenvalue weighted by atomic mass is 9.82. The summed E-state index contributed by atoms with van der Waals surface area (Å²) >= 11 is 0. The van der Waals surface area contributed by atoms with Gasteiger partial charge in [-0.25, -0.2) is 0 Å². The zero-order chi connectivity index (χ0) is 118. The van der Waals surface area contributed by atoms with Gasteiger partial charge in [0, 0.05) is 37.9 Å². The summed E-state index contributed by atoms with van der Waals surface area (Å²) in [6, 6.07) is 35.5. The molecule has 0 saturated heterocycles. The highest BCUT2D eigenvalue weighted by atomic mass is 16.3. The smallest absolute Gasteiger partial charge is 0.136 e. The number of benzene rings is 22. The molecule has 0 bridgehead atoms. The van der Waals surface area contributed by atoms with Crippen LogP contribution in [-0.4, -0.2) is 0 Å². The highest BCUT2D eigenvalue weighted by molar-refractivity contribution is 6.28. The molecule has 0 aliphatic rings. The van der Waals surface area contributed by atoms with E-state index in [-0.39, 0.29) is 104 Å². The van der Waals surface area contributed by atoms with Gasteiger partial charge in [-0.2, -0.15) is 0 Å². The highest BCUT2D eigenvalue weighted by Gasteiger charge is 2.26. The largest absolute Gasteiger partial charge is 0.456 e. The highest BCUT2D eigenvalue weighted by Crippen LogP contribution is 2.53. The van der Waals surface area contributed by atoms with Crippen LogP contribution in [0.15, 0.2) is 473 Å². The number of hydrogen-bond donors (Lipinski definition) is 0. The van der Waals surface area contributed by atoms with Crippen LogP contribution in [-0.2, 0) is 0 Å². The third-order valence-electron chi connectivity index (χ3n) is 22.0. The number of hydrogen-bond acceptors (Lipinski definition) is 3. The van der Waals surface area contributed by atoms with Crippen molar-refractivity contribution in [2.24, 2.45) is 0 Å². The fourth-order valence-corrected chi connectivity index (χ4v) is 16.7. The van der Waals surface area contributed by atoms with Crippen LogP contribution in [0.2, 0.25) is 0 Å². The molecule has 0 amide bonds. The van der Waals surface area contributed by atoms with E-state index in [4.69, 9.17) is 59.9 Å². The molecule has 0 atom stereocenters. The van der Waals surface area contributed by atoms with Crippen molar-refractivity contribution in [1.29, 1.82) is 0 Å². The van der Waals surface area contributed by atoms with Crippen LogP contribution in [0.3, 0.4) is 0 Å². The van der Waals surface area contributed by atoms with Crippen LogP contribution in [0.4, 0.5) is 0 Å². The van der Waals surface area contributed by atoms with Crippen LogP contribution in [0.1, 0.15) is 57.6 Å². The van der Waals surface area contributed by atoms with E-state index in [1.807, 2.05) is 146 Å². The van der Waals surface area contributed by atoms with Gasteiger partial charge in [0.2, 0.25) is 0 Å². The maximum absolute atomic E-state index is 9.46. The molecular weight excluding hydrogens is 1490 g/mol. The summed E-state index contributed by atoms with van der Waals surface area (Å²) in [5.41, 5.74) is 7.09. The summed E-state index contributed by atoms with van der Waals surface area (Å²) in [5.74, 6) is 0. The molecule has 0 N–H and O–H groups in total. The molecule has 0 aliphatic heterocycles. The summed E-state index contributed by atoms with van der Waals surface area (Å²) in [6.07, 6.45) is 0. The van der Waals surface area contributed by atoms with Crippen LogP contribution in [0, 0.1) is 0 Å². The van der Waals surface area contributed by atoms with E-state index < -0.39 is 287 Å². The standard InChI is InChI=1S/2C44H28O.C32H20O/c1-3-13-29(14-4-1)30-23-25-32(26-24-30)42-38(27-28-40-44(42)37-21-11-12-22-39(37)45-40)43-35-19-9-7-17-33(35)41(31-15-5-2-6-16-31)34-18-8-10-20-36(34)43;1-3-12-29(13-4-1)31-16-11-17-32(26-31)33-22-24-41-39(27-33)40-28-34(23-25-42(40)45-41)44-37-20-9-7-18-35(37)43(30-14-5-2-6-15-30)36-19-8-10-21-38(36)44;1-2-11-21(12-3-1)30-22-13-4-6-15-24(22)31(25-16-7-5-14-23(25)30)27-18-10-20-29-32(27)26-17-8-9-19-28(26)33-29/h2*1-28H;1-20H/i2D,5D,6D,7D,8D,9D,10D,15D,16D,17D,18D,19D,20D;2D,5D,6D,7D,8D,9D,10D,14D,15D,18D,19D,20D,21D;1D,2D,3D,4D,5D,6D,7D,10D,11D,12D,13D,14D,15D,16D,18D,20D. The van der Waals surface area contributed by atoms with E-state index in [1.54, 1.807) is 54.6 Å². The minimum Gasteiger partial charge on any atom is -0.456 e. The molecule has 123 heavy (non-hydrogen) atoms. The normalized spacial score (nSPS) is 16.4. The molecule has 0 fully saturated rings. The minimum absolute atomic E-state index is 0.0504. The van der Waals surface area contributed by atoms with Gasteiger partial charge >= 0.3 is 0 Å².